The van der Waals surface area contributed by atoms with Gasteiger partial charge in [0.15, 0.2) is 0 Å². The predicted molar refractivity (Wildman–Crippen MR) is 148 cm³/mol. The number of hydrogen-bond donors (Lipinski definition) is 0. The molecule has 6 nitrogen and oxygen atoms in total. The van der Waals surface area contributed by atoms with E-state index in [0.717, 1.165) is 0 Å². The van der Waals surface area contributed by atoms with Crippen molar-refractivity contribution in [3.63, 3.8) is 0 Å². The van der Waals surface area contributed by atoms with Crippen molar-refractivity contribution in [2.24, 2.45) is 0 Å². The average Bonchev–Trinajstić information content (AvgIpc) is 3.52. The normalized spacial score (nSPS) is 11.9. The molecule has 0 aliphatic heterocycles. The molecule has 0 amide bonds. The van der Waals surface area contributed by atoms with Gasteiger partial charge in [0, 0.05) is 23.2 Å². The first-order chi connectivity index (χ1) is 18.4. The Morgan fingerprint density at radius 1 is 0.447 bits per heavy atom. The molecule has 0 saturated carbocycles. The van der Waals surface area contributed by atoms with Crippen LogP contribution in [0.4, 0.5) is 0 Å². The van der Waals surface area contributed by atoms with Gasteiger partial charge < -0.3 is 0 Å². The van der Waals surface area contributed by atoms with E-state index < -0.39 is 20.0 Å². The van der Waals surface area contributed by atoms with Crippen molar-refractivity contribution in [3.8, 4) is 11.8 Å². The van der Waals surface area contributed by atoms with Gasteiger partial charge in [-0.25, -0.2) is 24.8 Å². The molecule has 0 bridgehead atoms. The first-order valence-electron chi connectivity index (χ1n) is 11.7. The highest BCUT2D eigenvalue weighted by atomic mass is 32.2. The van der Waals surface area contributed by atoms with E-state index in [1.165, 1.54) is 20.3 Å². The number of fused-ring (bicyclic) bond motifs is 2. The number of para-hydroxylation sites is 2. The molecule has 0 spiro atoms. The second-order valence-corrected chi connectivity index (χ2v) is 12.2. The summed E-state index contributed by atoms with van der Waals surface area (Å²) in [7, 11) is -7.69. The van der Waals surface area contributed by atoms with Crippen molar-refractivity contribution in [3.05, 3.63) is 133 Å². The lowest BCUT2D eigenvalue weighted by atomic mass is 10.1. The zero-order valence-corrected chi connectivity index (χ0v) is 21.5. The second kappa shape index (κ2) is 9.06. The topological polar surface area (TPSA) is 78.1 Å². The Bertz CT molecular complexity index is 1950. The molecular formula is C30H20N2O4S2. The molecule has 0 aliphatic carbocycles. The van der Waals surface area contributed by atoms with Crippen LogP contribution in [-0.2, 0) is 20.0 Å². The quantitative estimate of drug-likeness (QED) is 0.280. The smallest absolute Gasteiger partial charge is 0.240 e. The Morgan fingerprint density at radius 3 is 1.18 bits per heavy atom. The molecule has 186 valence electrons. The highest BCUT2D eigenvalue weighted by molar-refractivity contribution is 7.90. The minimum absolute atomic E-state index is 0.175. The molecule has 8 heteroatoms. The van der Waals surface area contributed by atoms with Crippen LogP contribution in [0.5, 0.6) is 0 Å². The number of benzene rings is 4. The maximum atomic E-state index is 13.4. The molecule has 0 N–H and O–H groups in total. The average molecular weight is 537 g/mol. The van der Waals surface area contributed by atoms with Crippen LogP contribution >= 0.6 is 0 Å². The lowest BCUT2D eigenvalue weighted by Gasteiger charge is -2.06. The van der Waals surface area contributed by atoms with Crippen LogP contribution in [0.1, 0.15) is 11.1 Å². The molecule has 0 fully saturated rings. The van der Waals surface area contributed by atoms with Gasteiger partial charge in [0.05, 0.1) is 32.0 Å². The fourth-order valence-electron chi connectivity index (χ4n) is 4.44. The van der Waals surface area contributed by atoms with Crippen LogP contribution in [-0.4, -0.2) is 24.8 Å². The van der Waals surface area contributed by atoms with E-state index in [0.29, 0.717) is 32.9 Å². The number of hydrogen-bond acceptors (Lipinski definition) is 4. The van der Waals surface area contributed by atoms with Gasteiger partial charge in [0.1, 0.15) is 0 Å². The highest BCUT2D eigenvalue weighted by Gasteiger charge is 2.22. The number of aromatic nitrogens is 2. The van der Waals surface area contributed by atoms with Gasteiger partial charge in [-0.3, -0.25) is 0 Å². The summed E-state index contributed by atoms with van der Waals surface area (Å²) in [5.74, 6) is 6.20. The van der Waals surface area contributed by atoms with Crippen molar-refractivity contribution >= 4 is 41.9 Å². The van der Waals surface area contributed by atoms with Gasteiger partial charge in [0.2, 0.25) is 0 Å². The molecule has 6 rings (SSSR count). The summed E-state index contributed by atoms with van der Waals surface area (Å²) in [6, 6.07) is 30.8. The fourth-order valence-corrected chi connectivity index (χ4v) is 7.22. The lowest BCUT2D eigenvalue weighted by Crippen LogP contribution is -2.11. The van der Waals surface area contributed by atoms with E-state index in [9.17, 15) is 16.8 Å². The van der Waals surface area contributed by atoms with E-state index in [2.05, 4.69) is 11.8 Å². The second-order valence-electron chi connectivity index (χ2n) is 8.60. The standard InChI is InChI=1S/C30H20N2O4S2/c33-37(34,25-11-3-1-4-12-25)31-21-23(27-15-7-9-17-29(27)31)19-20-24-22-32(30-18-10-8-16-28(24)30)38(35,36)26-13-5-2-6-14-26/h1-18,21-22H. The molecule has 0 aliphatic rings. The minimum Gasteiger partial charge on any atom is -0.240 e. The SMILES string of the molecule is O=S(=O)(c1ccccc1)n1cc(C#Cc2cn(S(=O)(=O)c3ccccc3)c3ccccc23)c2ccccc21. The highest BCUT2D eigenvalue weighted by Crippen LogP contribution is 2.28. The van der Waals surface area contributed by atoms with Crippen molar-refractivity contribution in [2.45, 2.75) is 9.79 Å². The van der Waals surface area contributed by atoms with Gasteiger partial charge in [-0.05, 0) is 36.4 Å². The molecule has 2 aromatic heterocycles. The third-order valence-corrected chi connectivity index (χ3v) is 9.66. The van der Waals surface area contributed by atoms with Gasteiger partial charge in [-0.2, -0.15) is 0 Å². The minimum atomic E-state index is -3.84. The molecule has 38 heavy (non-hydrogen) atoms. The van der Waals surface area contributed by atoms with E-state index in [-0.39, 0.29) is 9.79 Å². The summed E-state index contributed by atoms with van der Waals surface area (Å²) in [5.41, 5.74) is 2.05. The van der Waals surface area contributed by atoms with Gasteiger partial charge in [-0.15, -0.1) is 0 Å². The van der Waals surface area contributed by atoms with Crippen LogP contribution in [0.25, 0.3) is 21.8 Å². The molecule has 4 aromatic carbocycles. The fraction of sp³-hybridized carbons (Fsp3) is 0. The summed E-state index contributed by atoms with van der Waals surface area (Å²) in [5, 5.41) is 1.36. The number of nitrogens with zero attached hydrogens (tertiary/aromatic N) is 2. The Balaban J connectivity index is 1.51. The predicted octanol–water partition coefficient (Wildman–Crippen LogP) is 5.47. The summed E-state index contributed by atoms with van der Waals surface area (Å²) in [6.45, 7) is 0. The molecule has 6 aromatic rings. The van der Waals surface area contributed by atoms with Gasteiger partial charge in [-0.1, -0.05) is 84.6 Å². The zero-order valence-electron chi connectivity index (χ0n) is 19.9. The maximum Gasteiger partial charge on any atom is 0.268 e. The van der Waals surface area contributed by atoms with Gasteiger partial charge >= 0.3 is 0 Å². The third kappa shape index (κ3) is 3.89. The summed E-state index contributed by atoms with van der Waals surface area (Å²) >= 11 is 0. The Morgan fingerprint density at radius 2 is 0.789 bits per heavy atom. The summed E-state index contributed by atoms with van der Waals surface area (Å²) in [6.07, 6.45) is 3.03. The molecular weight excluding hydrogens is 516 g/mol. The Kier molecular flexibility index (Phi) is 5.68. The third-order valence-electron chi connectivity index (χ3n) is 6.29. The Labute approximate surface area is 220 Å². The maximum absolute atomic E-state index is 13.4. The van der Waals surface area contributed by atoms with E-state index in [1.807, 2.05) is 24.3 Å². The molecule has 0 unspecified atom stereocenters. The van der Waals surface area contributed by atoms with Crippen molar-refractivity contribution in [2.75, 3.05) is 0 Å². The molecule has 2 heterocycles. The van der Waals surface area contributed by atoms with Crippen LogP contribution in [0.15, 0.2) is 131 Å². The molecule has 0 radical (unpaired) electrons. The van der Waals surface area contributed by atoms with Gasteiger partial charge in [0.25, 0.3) is 20.0 Å². The lowest BCUT2D eigenvalue weighted by molar-refractivity contribution is 0.587. The van der Waals surface area contributed by atoms with Crippen LogP contribution in [0, 0.1) is 11.8 Å². The first kappa shape index (κ1) is 23.8. The number of rotatable bonds is 4. The van der Waals surface area contributed by atoms with Crippen LogP contribution in [0.3, 0.4) is 0 Å². The summed E-state index contributed by atoms with van der Waals surface area (Å²) < 4.78 is 56.1. The van der Waals surface area contributed by atoms with Crippen molar-refractivity contribution < 1.29 is 16.8 Å². The Hall–Kier alpha value is -4.58. The van der Waals surface area contributed by atoms with Crippen LogP contribution < -0.4 is 0 Å². The molecule has 0 atom stereocenters. The van der Waals surface area contributed by atoms with Crippen molar-refractivity contribution in [1.82, 2.24) is 7.94 Å². The van der Waals surface area contributed by atoms with E-state index in [1.54, 1.807) is 84.9 Å². The first-order valence-corrected chi connectivity index (χ1v) is 14.6. The van der Waals surface area contributed by atoms with E-state index in [4.69, 9.17) is 0 Å². The monoisotopic (exact) mass is 536 g/mol. The van der Waals surface area contributed by atoms with Crippen molar-refractivity contribution in [1.29, 1.82) is 0 Å². The van der Waals surface area contributed by atoms with E-state index >= 15 is 0 Å². The molecule has 0 saturated heterocycles. The zero-order chi connectivity index (χ0) is 26.3. The largest absolute Gasteiger partial charge is 0.268 e. The van der Waals surface area contributed by atoms with Crippen LogP contribution in [0.2, 0.25) is 0 Å². The summed E-state index contributed by atoms with van der Waals surface area (Å²) in [4.78, 5) is 0.351.